The molecule has 7 N–H and O–H groups in total. The Kier molecular flexibility index (Phi) is 6.86. The van der Waals surface area contributed by atoms with Crippen LogP contribution in [-0.2, 0) is 25.3 Å². The minimum atomic E-state index is -5.57. The minimum absolute atomic E-state index is 0.0887. The highest BCUT2D eigenvalue weighted by atomic mass is 31.2. The lowest BCUT2D eigenvalue weighted by atomic mass is 10.2. The molecule has 10 nitrogen and oxygen atoms in total. The average Bonchev–Trinajstić information content (AvgIpc) is 2.48. The zero-order valence-electron chi connectivity index (χ0n) is 12.4. The Bertz CT molecular complexity index is 632. The molecular formula is C12H19NO9P2. The van der Waals surface area contributed by atoms with E-state index in [1.807, 2.05) is 0 Å². The van der Waals surface area contributed by atoms with Crippen molar-refractivity contribution in [2.45, 2.75) is 30.6 Å². The Morgan fingerprint density at radius 1 is 1.12 bits per heavy atom. The number of carbonyl (C=O) groups is 1. The molecule has 0 saturated heterocycles. The van der Waals surface area contributed by atoms with Crippen LogP contribution in [0, 0.1) is 0 Å². The van der Waals surface area contributed by atoms with Gasteiger partial charge in [-0.2, -0.15) is 0 Å². The molecular weight excluding hydrogens is 364 g/mol. The largest absolute Gasteiger partial charge is 0.460 e. The molecule has 0 amide bonds. The fourth-order valence-electron chi connectivity index (χ4n) is 1.76. The Balaban J connectivity index is 2.66. The van der Waals surface area contributed by atoms with Gasteiger partial charge < -0.3 is 35.2 Å². The summed E-state index contributed by atoms with van der Waals surface area (Å²) in [5, 5.41) is 6.09. The van der Waals surface area contributed by atoms with E-state index in [1.54, 1.807) is 30.3 Å². The number of hydrogen-bond acceptors (Lipinski definition) is 6. The van der Waals surface area contributed by atoms with E-state index in [0.717, 1.165) is 0 Å². The van der Waals surface area contributed by atoms with Crippen molar-refractivity contribution in [3.8, 4) is 0 Å². The number of aliphatic hydroxyl groups is 1. The molecule has 1 atom stereocenters. The SMILES string of the molecule is NC(CCC(O)(P(=O)(O)O)P(=O)(O)O)C(=O)OCc1ccccc1. The molecule has 136 valence electrons. The second-order valence-corrected chi connectivity index (χ2v) is 9.11. The van der Waals surface area contributed by atoms with Crippen molar-refractivity contribution in [3.63, 3.8) is 0 Å². The van der Waals surface area contributed by atoms with Gasteiger partial charge in [0, 0.05) is 6.42 Å². The first-order chi connectivity index (χ1) is 10.9. The first kappa shape index (κ1) is 21.0. The van der Waals surface area contributed by atoms with Crippen LogP contribution in [-0.4, -0.2) is 41.8 Å². The van der Waals surface area contributed by atoms with Crippen molar-refractivity contribution >= 4 is 21.2 Å². The van der Waals surface area contributed by atoms with Crippen LogP contribution in [0.25, 0.3) is 0 Å². The lowest BCUT2D eigenvalue weighted by Gasteiger charge is -2.29. The van der Waals surface area contributed by atoms with Gasteiger partial charge in [-0.3, -0.25) is 13.9 Å². The first-order valence-corrected chi connectivity index (χ1v) is 9.91. The van der Waals surface area contributed by atoms with Crippen LogP contribution in [0.1, 0.15) is 18.4 Å². The molecule has 0 spiro atoms. The van der Waals surface area contributed by atoms with E-state index < -0.39 is 45.1 Å². The number of ether oxygens (including phenoxy) is 1. The quantitative estimate of drug-likeness (QED) is 0.260. The van der Waals surface area contributed by atoms with Crippen molar-refractivity contribution in [1.82, 2.24) is 0 Å². The van der Waals surface area contributed by atoms with Gasteiger partial charge in [-0.05, 0) is 12.0 Å². The zero-order valence-corrected chi connectivity index (χ0v) is 14.2. The fourth-order valence-corrected chi connectivity index (χ4v) is 3.96. The van der Waals surface area contributed by atoms with Gasteiger partial charge in [0.1, 0.15) is 12.6 Å². The summed E-state index contributed by atoms with van der Waals surface area (Å²) in [6.45, 7) is -0.0887. The van der Waals surface area contributed by atoms with E-state index >= 15 is 0 Å². The van der Waals surface area contributed by atoms with E-state index in [4.69, 9.17) is 30.0 Å². The standard InChI is InChI=1S/C12H19NO9P2/c13-10(11(14)22-8-9-4-2-1-3-5-9)6-7-12(15,23(16,17)18)24(19,20)21/h1-5,10,15H,6-8,13H2,(H2,16,17,18)(H2,19,20,21). The molecule has 1 aromatic rings. The number of hydrogen-bond donors (Lipinski definition) is 6. The normalized spacial score (nSPS) is 14.2. The number of benzene rings is 1. The summed E-state index contributed by atoms with van der Waals surface area (Å²) in [5.41, 5.74) is 6.16. The summed E-state index contributed by atoms with van der Waals surface area (Å²) in [4.78, 5) is 47.7. The number of nitrogens with two attached hydrogens (primary N) is 1. The molecule has 0 aromatic heterocycles. The summed E-state index contributed by atoms with van der Waals surface area (Å²) in [6.07, 6.45) is -1.68. The Morgan fingerprint density at radius 2 is 1.62 bits per heavy atom. The highest BCUT2D eigenvalue weighted by molar-refractivity contribution is 7.72. The summed E-state index contributed by atoms with van der Waals surface area (Å²) in [5.74, 6) is -0.933. The number of esters is 1. The van der Waals surface area contributed by atoms with Gasteiger partial charge in [-0.15, -0.1) is 0 Å². The second kappa shape index (κ2) is 7.86. The minimum Gasteiger partial charge on any atom is -0.460 e. The summed E-state index contributed by atoms with van der Waals surface area (Å²) >= 11 is 0. The Hall–Kier alpha value is -1.09. The fraction of sp³-hybridized carbons (Fsp3) is 0.417. The van der Waals surface area contributed by atoms with Gasteiger partial charge in [0.15, 0.2) is 0 Å². The molecule has 0 aliphatic carbocycles. The lowest BCUT2D eigenvalue weighted by Crippen LogP contribution is -2.36. The third-order valence-electron chi connectivity index (χ3n) is 3.25. The van der Waals surface area contributed by atoms with Crippen molar-refractivity contribution in [2.24, 2.45) is 5.73 Å². The maximum atomic E-state index is 11.7. The van der Waals surface area contributed by atoms with Gasteiger partial charge in [-0.1, -0.05) is 30.3 Å². The van der Waals surface area contributed by atoms with E-state index in [2.05, 4.69) is 0 Å². The van der Waals surface area contributed by atoms with Gasteiger partial charge in [0.25, 0.3) is 5.08 Å². The molecule has 0 heterocycles. The molecule has 1 unspecified atom stereocenters. The van der Waals surface area contributed by atoms with E-state index in [9.17, 15) is 19.0 Å². The van der Waals surface area contributed by atoms with Crippen LogP contribution >= 0.6 is 15.2 Å². The highest BCUT2D eigenvalue weighted by Gasteiger charge is 2.59. The number of carbonyl (C=O) groups excluding carboxylic acids is 1. The van der Waals surface area contributed by atoms with Crippen LogP contribution in [0.15, 0.2) is 30.3 Å². The molecule has 1 rings (SSSR count). The topological polar surface area (TPSA) is 188 Å². The highest BCUT2D eigenvalue weighted by Crippen LogP contribution is 2.69. The van der Waals surface area contributed by atoms with Gasteiger partial charge in [0.05, 0.1) is 0 Å². The third kappa shape index (κ3) is 5.20. The van der Waals surface area contributed by atoms with Crippen LogP contribution in [0.2, 0.25) is 0 Å². The Labute approximate surface area is 137 Å². The molecule has 0 bridgehead atoms. The maximum Gasteiger partial charge on any atom is 0.369 e. The second-order valence-electron chi connectivity index (χ2n) is 5.10. The van der Waals surface area contributed by atoms with Crippen molar-refractivity contribution in [1.29, 1.82) is 0 Å². The van der Waals surface area contributed by atoms with Gasteiger partial charge in [-0.25, -0.2) is 0 Å². The van der Waals surface area contributed by atoms with Crippen LogP contribution in [0.4, 0.5) is 0 Å². The average molecular weight is 383 g/mol. The zero-order chi connectivity index (χ0) is 18.6. The van der Waals surface area contributed by atoms with Crippen molar-refractivity contribution in [2.75, 3.05) is 0 Å². The summed E-state index contributed by atoms with van der Waals surface area (Å²) in [6, 6.07) is 7.19. The van der Waals surface area contributed by atoms with Crippen LogP contribution in [0.5, 0.6) is 0 Å². The predicted octanol–water partition coefficient (Wildman–Crippen LogP) is -0.161. The molecule has 0 radical (unpaired) electrons. The smallest absolute Gasteiger partial charge is 0.369 e. The monoisotopic (exact) mass is 383 g/mol. The lowest BCUT2D eigenvalue weighted by molar-refractivity contribution is -0.146. The van der Waals surface area contributed by atoms with E-state index in [-0.39, 0.29) is 6.61 Å². The van der Waals surface area contributed by atoms with Crippen LogP contribution in [0.3, 0.4) is 0 Å². The third-order valence-corrected chi connectivity index (χ3v) is 7.13. The Morgan fingerprint density at radius 3 is 2.08 bits per heavy atom. The summed E-state index contributed by atoms with van der Waals surface area (Å²) in [7, 11) is -11.1. The van der Waals surface area contributed by atoms with Gasteiger partial charge in [0.2, 0.25) is 0 Å². The first-order valence-electron chi connectivity index (χ1n) is 6.68. The van der Waals surface area contributed by atoms with Gasteiger partial charge >= 0.3 is 21.2 Å². The molecule has 0 saturated carbocycles. The van der Waals surface area contributed by atoms with E-state index in [1.165, 1.54) is 0 Å². The molecule has 0 aliphatic heterocycles. The predicted molar refractivity (Wildman–Crippen MR) is 82.5 cm³/mol. The summed E-state index contributed by atoms with van der Waals surface area (Å²) < 4.78 is 27.3. The molecule has 1 aromatic carbocycles. The molecule has 0 aliphatic rings. The van der Waals surface area contributed by atoms with Crippen LogP contribution < -0.4 is 5.73 Å². The molecule has 0 fully saturated rings. The van der Waals surface area contributed by atoms with E-state index in [0.29, 0.717) is 5.56 Å². The van der Waals surface area contributed by atoms with Crippen molar-refractivity contribution in [3.05, 3.63) is 35.9 Å². The maximum absolute atomic E-state index is 11.7. The number of rotatable bonds is 8. The molecule has 12 heteroatoms. The molecule has 24 heavy (non-hydrogen) atoms. The van der Waals surface area contributed by atoms with Crippen molar-refractivity contribution < 1.29 is 43.3 Å².